The molecule has 16 heavy (non-hydrogen) atoms. The highest BCUT2D eigenvalue weighted by Crippen LogP contribution is 2.14. The van der Waals surface area contributed by atoms with Gasteiger partial charge >= 0.3 is 0 Å². The maximum Gasteiger partial charge on any atom is 0.248 e. The molecule has 0 spiro atoms. The molecule has 1 aromatic carbocycles. The summed E-state index contributed by atoms with van der Waals surface area (Å²) in [5.74, 6) is 0.524. The Kier molecular flexibility index (Phi) is 2.04. The van der Waals surface area contributed by atoms with Crippen LogP contribution in [0.25, 0.3) is 10.9 Å². The van der Waals surface area contributed by atoms with E-state index in [1.807, 2.05) is 36.4 Å². The molecule has 3 rings (SSSR count). The molecule has 0 aliphatic heterocycles. The maximum atomic E-state index is 5.53. The lowest BCUT2D eigenvalue weighted by Crippen LogP contribution is -2.07. The van der Waals surface area contributed by atoms with Gasteiger partial charge in [0.15, 0.2) is 0 Å². The van der Waals surface area contributed by atoms with Crippen molar-refractivity contribution in [1.29, 1.82) is 0 Å². The number of para-hydroxylation sites is 1. The van der Waals surface area contributed by atoms with Crippen LogP contribution >= 0.6 is 0 Å². The monoisotopic (exact) mass is 211 g/mol. The van der Waals surface area contributed by atoms with Gasteiger partial charge in [-0.2, -0.15) is 0 Å². The van der Waals surface area contributed by atoms with E-state index in [9.17, 15) is 0 Å². The smallest absolute Gasteiger partial charge is 0.248 e. The largest absolute Gasteiger partial charge is 0.337 e. The van der Waals surface area contributed by atoms with Crippen molar-refractivity contribution >= 4 is 10.9 Å². The van der Waals surface area contributed by atoms with Crippen LogP contribution in [0, 0.1) is 0 Å². The summed E-state index contributed by atoms with van der Waals surface area (Å²) in [5.41, 5.74) is 0.924. The van der Waals surface area contributed by atoms with Gasteiger partial charge in [0, 0.05) is 17.6 Å². The molecule has 2 heterocycles. The molecular weight excluding hydrogens is 202 g/mol. The number of nitrogens with zero attached hydrogens (tertiary/aromatic N) is 3. The van der Waals surface area contributed by atoms with Gasteiger partial charge in [-0.3, -0.25) is 0 Å². The minimum Gasteiger partial charge on any atom is -0.337 e. The molecule has 4 heteroatoms. The third kappa shape index (κ3) is 1.50. The highest BCUT2D eigenvalue weighted by Gasteiger charge is 2.03. The number of hydrogen-bond donors (Lipinski definition) is 0. The summed E-state index contributed by atoms with van der Waals surface area (Å²) in [6.45, 7) is 0. The van der Waals surface area contributed by atoms with E-state index in [4.69, 9.17) is 4.84 Å². The van der Waals surface area contributed by atoms with E-state index < -0.39 is 0 Å². The molecule has 0 amide bonds. The second-order valence-corrected chi connectivity index (χ2v) is 3.34. The topological polar surface area (TPSA) is 39.9 Å². The molecule has 0 saturated carbocycles. The quantitative estimate of drug-likeness (QED) is 0.652. The predicted molar refractivity (Wildman–Crippen MR) is 60.0 cm³/mol. The molecule has 0 bridgehead atoms. The van der Waals surface area contributed by atoms with Crippen LogP contribution in [0.4, 0.5) is 0 Å². The third-order valence-corrected chi connectivity index (χ3v) is 2.26. The predicted octanol–water partition coefficient (Wildman–Crippen LogP) is 2.27. The van der Waals surface area contributed by atoms with Crippen molar-refractivity contribution in [1.82, 2.24) is 14.9 Å². The van der Waals surface area contributed by atoms with Crippen LogP contribution in [0.15, 0.2) is 54.9 Å². The first-order valence-electron chi connectivity index (χ1n) is 4.96. The number of aromatic nitrogens is 3. The number of fused-ring (bicyclic) bond motifs is 1. The molecule has 78 valence electrons. The Hall–Kier alpha value is -2.36. The van der Waals surface area contributed by atoms with Crippen LogP contribution in [-0.2, 0) is 0 Å². The zero-order valence-electron chi connectivity index (χ0n) is 8.45. The van der Waals surface area contributed by atoms with Crippen molar-refractivity contribution < 1.29 is 4.84 Å². The zero-order valence-corrected chi connectivity index (χ0v) is 8.45. The summed E-state index contributed by atoms with van der Waals surface area (Å²) in [6.07, 6.45) is 3.44. The summed E-state index contributed by atoms with van der Waals surface area (Å²) in [6, 6.07) is 13.3. The summed E-state index contributed by atoms with van der Waals surface area (Å²) < 4.78 is 0. The molecule has 0 fully saturated rings. The Morgan fingerprint density at radius 2 is 1.88 bits per heavy atom. The van der Waals surface area contributed by atoms with Crippen LogP contribution in [0.3, 0.4) is 0 Å². The average Bonchev–Trinajstić information content (AvgIpc) is 2.74. The Balaban J connectivity index is 2.01. The molecule has 0 N–H and O–H groups in total. The van der Waals surface area contributed by atoms with Gasteiger partial charge in [-0.05, 0) is 12.1 Å². The lowest BCUT2D eigenvalue weighted by Gasteiger charge is -2.03. The van der Waals surface area contributed by atoms with Crippen LogP contribution in [0.5, 0.6) is 5.88 Å². The van der Waals surface area contributed by atoms with E-state index in [1.165, 1.54) is 4.85 Å². The van der Waals surface area contributed by atoms with Crippen molar-refractivity contribution in [2.45, 2.75) is 0 Å². The van der Waals surface area contributed by atoms with Crippen molar-refractivity contribution in [3.63, 3.8) is 0 Å². The first-order chi connectivity index (χ1) is 7.93. The van der Waals surface area contributed by atoms with Gasteiger partial charge in [-0.1, -0.05) is 29.1 Å². The van der Waals surface area contributed by atoms with Gasteiger partial charge in [-0.25, -0.2) is 4.98 Å². The molecule has 0 unspecified atom stereocenters. The van der Waals surface area contributed by atoms with E-state index in [0.717, 1.165) is 10.9 Å². The molecule has 4 nitrogen and oxygen atoms in total. The number of hydrogen-bond acceptors (Lipinski definition) is 3. The van der Waals surface area contributed by atoms with Gasteiger partial charge in [0.2, 0.25) is 5.88 Å². The van der Waals surface area contributed by atoms with Crippen molar-refractivity contribution in [3.05, 3.63) is 54.9 Å². The van der Waals surface area contributed by atoms with Gasteiger partial charge < -0.3 is 4.84 Å². The molecule has 0 saturated heterocycles. The van der Waals surface area contributed by atoms with Crippen LogP contribution in [0.1, 0.15) is 0 Å². The Morgan fingerprint density at radius 3 is 2.75 bits per heavy atom. The number of benzene rings is 1. The van der Waals surface area contributed by atoms with Gasteiger partial charge in [0.05, 0.1) is 6.20 Å². The average molecular weight is 211 g/mol. The summed E-state index contributed by atoms with van der Waals surface area (Å²) >= 11 is 0. The molecular formula is C12H9N3O. The SMILES string of the molecule is c1ccc(On2ncc3ccccc32)nc1. The van der Waals surface area contributed by atoms with Gasteiger partial charge in [0.1, 0.15) is 5.52 Å². The molecule has 2 aromatic heterocycles. The lowest BCUT2D eigenvalue weighted by atomic mass is 10.3. The first-order valence-corrected chi connectivity index (χ1v) is 4.96. The Bertz CT molecular complexity index is 604. The molecule has 0 aliphatic rings. The number of rotatable bonds is 2. The van der Waals surface area contributed by atoms with E-state index in [-0.39, 0.29) is 0 Å². The minimum absolute atomic E-state index is 0.524. The van der Waals surface area contributed by atoms with Gasteiger partial charge in [-0.15, -0.1) is 5.10 Å². The normalized spacial score (nSPS) is 10.5. The van der Waals surface area contributed by atoms with Crippen molar-refractivity contribution in [3.8, 4) is 5.88 Å². The second-order valence-electron chi connectivity index (χ2n) is 3.34. The van der Waals surface area contributed by atoms with Crippen molar-refractivity contribution in [2.75, 3.05) is 0 Å². The second kappa shape index (κ2) is 3.66. The fourth-order valence-corrected chi connectivity index (χ4v) is 1.51. The molecule has 3 aromatic rings. The Morgan fingerprint density at radius 1 is 1.00 bits per heavy atom. The fourth-order valence-electron chi connectivity index (χ4n) is 1.51. The van der Waals surface area contributed by atoms with Crippen LogP contribution in [0.2, 0.25) is 0 Å². The third-order valence-electron chi connectivity index (χ3n) is 2.26. The van der Waals surface area contributed by atoms with E-state index in [2.05, 4.69) is 10.1 Å². The van der Waals surface area contributed by atoms with E-state index >= 15 is 0 Å². The molecule has 0 aliphatic carbocycles. The number of pyridine rings is 1. The standard InChI is InChI=1S/C12H9N3O/c1-2-6-11-10(5-1)9-14-15(11)16-12-7-3-4-8-13-12/h1-9H. The molecule has 0 atom stereocenters. The van der Waals surface area contributed by atoms with Gasteiger partial charge in [0.25, 0.3) is 0 Å². The first kappa shape index (κ1) is 8.91. The highest BCUT2D eigenvalue weighted by molar-refractivity contribution is 5.77. The maximum absolute atomic E-state index is 5.53. The summed E-state index contributed by atoms with van der Waals surface area (Å²) in [4.78, 5) is 11.1. The lowest BCUT2D eigenvalue weighted by molar-refractivity contribution is 0.182. The summed E-state index contributed by atoms with van der Waals surface area (Å²) in [5, 5.41) is 5.19. The van der Waals surface area contributed by atoms with E-state index in [1.54, 1.807) is 18.5 Å². The minimum atomic E-state index is 0.524. The van der Waals surface area contributed by atoms with Crippen LogP contribution in [-0.4, -0.2) is 14.9 Å². The highest BCUT2D eigenvalue weighted by atomic mass is 16.7. The fraction of sp³-hybridized carbons (Fsp3) is 0. The van der Waals surface area contributed by atoms with E-state index in [0.29, 0.717) is 5.88 Å². The Labute approximate surface area is 92.1 Å². The molecule has 0 radical (unpaired) electrons. The summed E-state index contributed by atoms with van der Waals surface area (Å²) in [7, 11) is 0. The van der Waals surface area contributed by atoms with Crippen molar-refractivity contribution in [2.24, 2.45) is 0 Å². The zero-order chi connectivity index (χ0) is 10.8. The van der Waals surface area contributed by atoms with Crippen LogP contribution < -0.4 is 4.84 Å².